The van der Waals surface area contributed by atoms with E-state index in [1.807, 2.05) is 41.9 Å². The summed E-state index contributed by atoms with van der Waals surface area (Å²) in [5.74, 6) is 1.03. The molecule has 74 valence electrons. The minimum atomic E-state index is 0.706. The Labute approximate surface area is 93.4 Å². The van der Waals surface area contributed by atoms with E-state index < -0.39 is 0 Å². The summed E-state index contributed by atoms with van der Waals surface area (Å²) in [6, 6.07) is 6.10. The van der Waals surface area contributed by atoms with Crippen LogP contribution in [0.25, 0.3) is 0 Å². The molecule has 1 aromatic rings. The van der Waals surface area contributed by atoms with Crippen LogP contribution in [-0.2, 0) is 5.75 Å². The normalized spacial score (nSPS) is 20.9. The van der Waals surface area contributed by atoms with Crippen molar-refractivity contribution in [3.63, 3.8) is 0 Å². The van der Waals surface area contributed by atoms with Crippen molar-refractivity contribution in [1.82, 2.24) is 4.98 Å². The molecule has 1 nitrogen and oxygen atoms in total. The van der Waals surface area contributed by atoms with E-state index in [-0.39, 0.29) is 0 Å². The molecule has 0 aliphatic carbocycles. The number of hydrogen-bond acceptors (Lipinski definition) is 3. The van der Waals surface area contributed by atoms with E-state index in [0.717, 1.165) is 5.75 Å². The average molecular weight is 223 g/mol. The second kappa shape index (κ2) is 4.89. The molecule has 1 aliphatic rings. The second-order valence-corrected chi connectivity index (χ2v) is 6.17. The van der Waals surface area contributed by atoms with Gasteiger partial charge in [-0.05, 0) is 30.4 Å². The predicted molar refractivity (Wildman–Crippen MR) is 65.3 cm³/mol. The minimum Gasteiger partial charge on any atom is -0.260 e. The lowest BCUT2D eigenvalue weighted by Crippen LogP contribution is -1.92. The second-order valence-electron chi connectivity index (χ2n) is 3.23. The Morgan fingerprint density at radius 1 is 1.57 bits per heavy atom. The van der Waals surface area contributed by atoms with Crippen molar-refractivity contribution in [3.8, 4) is 0 Å². The molecule has 0 saturated heterocycles. The van der Waals surface area contributed by atoms with Gasteiger partial charge in [-0.3, -0.25) is 4.98 Å². The van der Waals surface area contributed by atoms with Gasteiger partial charge in [0.15, 0.2) is 0 Å². The molecule has 0 bridgehead atoms. The fourth-order valence-electron chi connectivity index (χ4n) is 1.33. The van der Waals surface area contributed by atoms with Gasteiger partial charge in [-0.15, -0.1) is 23.5 Å². The third-order valence-corrected chi connectivity index (χ3v) is 4.78. The largest absolute Gasteiger partial charge is 0.260 e. The standard InChI is InChI=1S/C11H13NS2/c1-9-5-6-11(14-9)13-8-10-4-2-3-7-12-10/h2-5,7,11H,6,8H2,1H3. The summed E-state index contributed by atoms with van der Waals surface area (Å²) in [6.45, 7) is 2.19. The van der Waals surface area contributed by atoms with Gasteiger partial charge in [0.2, 0.25) is 0 Å². The van der Waals surface area contributed by atoms with Crippen LogP contribution in [0.5, 0.6) is 0 Å². The van der Waals surface area contributed by atoms with Gasteiger partial charge in [-0.25, -0.2) is 0 Å². The van der Waals surface area contributed by atoms with Gasteiger partial charge in [-0.1, -0.05) is 12.1 Å². The summed E-state index contributed by atoms with van der Waals surface area (Å²) in [7, 11) is 0. The maximum atomic E-state index is 4.31. The zero-order valence-corrected chi connectivity index (χ0v) is 9.78. The maximum Gasteiger partial charge on any atom is 0.0584 e. The average Bonchev–Trinajstić information content (AvgIpc) is 2.63. The van der Waals surface area contributed by atoms with Crippen LogP contribution in [0.4, 0.5) is 0 Å². The predicted octanol–water partition coefficient (Wildman–Crippen LogP) is 3.68. The molecule has 1 unspecified atom stereocenters. The van der Waals surface area contributed by atoms with Crippen LogP contribution in [0.15, 0.2) is 35.4 Å². The van der Waals surface area contributed by atoms with Crippen molar-refractivity contribution in [1.29, 1.82) is 0 Å². The van der Waals surface area contributed by atoms with E-state index in [9.17, 15) is 0 Å². The summed E-state index contributed by atoms with van der Waals surface area (Å²) in [5.41, 5.74) is 1.18. The fourth-order valence-corrected chi connectivity index (χ4v) is 3.82. The molecular formula is C11H13NS2. The molecule has 14 heavy (non-hydrogen) atoms. The summed E-state index contributed by atoms with van der Waals surface area (Å²) >= 11 is 3.97. The number of hydrogen-bond donors (Lipinski definition) is 0. The van der Waals surface area contributed by atoms with Gasteiger partial charge in [0.25, 0.3) is 0 Å². The molecule has 0 saturated carbocycles. The van der Waals surface area contributed by atoms with Crippen molar-refractivity contribution in [3.05, 3.63) is 41.1 Å². The van der Waals surface area contributed by atoms with Gasteiger partial charge in [-0.2, -0.15) is 0 Å². The lowest BCUT2D eigenvalue weighted by atomic mass is 10.4. The number of allylic oxidation sites excluding steroid dienone is 2. The Morgan fingerprint density at radius 3 is 3.14 bits per heavy atom. The smallest absolute Gasteiger partial charge is 0.0584 e. The molecule has 0 fully saturated rings. The van der Waals surface area contributed by atoms with Gasteiger partial charge in [0.05, 0.1) is 10.3 Å². The van der Waals surface area contributed by atoms with E-state index in [2.05, 4.69) is 24.1 Å². The van der Waals surface area contributed by atoms with Crippen LogP contribution >= 0.6 is 23.5 Å². The summed E-state index contributed by atoms with van der Waals surface area (Å²) in [4.78, 5) is 5.77. The molecule has 1 aromatic heterocycles. The summed E-state index contributed by atoms with van der Waals surface area (Å²) in [5, 5.41) is 0. The maximum absolute atomic E-state index is 4.31. The summed E-state index contributed by atoms with van der Waals surface area (Å²) < 4.78 is 0.706. The number of nitrogens with zero attached hydrogens (tertiary/aromatic N) is 1. The molecule has 1 aliphatic heterocycles. The van der Waals surface area contributed by atoms with Crippen LogP contribution in [0.1, 0.15) is 19.0 Å². The van der Waals surface area contributed by atoms with Crippen LogP contribution in [0.3, 0.4) is 0 Å². The number of rotatable bonds is 3. The van der Waals surface area contributed by atoms with Gasteiger partial charge in [0.1, 0.15) is 0 Å². The van der Waals surface area contributed by atoms with Crippen LogP contribution in [-0.4, -0.2) is 9.57 Å². The first-order chi connectivity index (χ1) is 6.84. The lowest BCUT2D eigenvalue weighted by molar-refractivity contribution is 1.15. The van der Waals surface area contributed by atoms with Crippen molar-refractivity contribution in [2.45, 2.75) is 23.7 Å². The molecule has 0 spiro atoms. The minimum absolute atomic E-state index is 0.706. The third kappa shape index (κ3) is 2.79. The van der Waals surface area contributed by atoms with E-state index in [4.69, 9.17) is 0 Å². The first kappa shape index (κ1) is 10.1. The lowest BCUT2D eigenvalue weighted by Gasteiger charge is -2.07. The number of aromatic nitrogens is 1. The van der Waals surface area contributed by atoms with E-state index >= 15 is 0 Å². The highest BCUT2D eigenvalue weighted by molar-refractivity contribution is 8.18. The fraction of sp³-hybridized carbons (Fsp3) is 0.364. The molecule has 0 aromatic carbocycles. The highest BCUT2D eigenvalue weighted by Crippen LogP contribution is 2.39. The monoisotopic (exact) mass is 223 g/mol. The Morgan fingerprint density at radius 2 is 2.50 bits per heavy atom. The van der Waals surface area contributed by atoms with Crippen LogP contribution in [0.2, 0.25) is 0 Å². The first-order valence-electron chi connectivity index (χ1n) is 4.69. The Balaban J connectivity index is 1.79. The first-order valence-corrected chi connectivity index (χ1v) is 6.62. The molecule has 0 radical (unpaired) electrons. The molecular weight excluding hydrogens is 210 g/mol. The topological polar surface area (TPSA) is 12.9 Å². The number of pyridine rings is 1. The molecule has 2 heterocycles. The van der Waals surface area contributed by atoms with Crippen LogP contribution < -0.4 is 0 Å². The van der Waals surface area contributed by atoms with E-state index in [1.54, 1.807) is 0 Å². The quantitative estimate of drug-likeness (QED) is 0.776. The SMILES string of the molecule is CC1=CCC(SCc2ccccn2)S1. The zero-order chi connectivity index (χ0) is 9.80. The van der Waals surface area contributed by atoms with Crippen molar-refractivity contribution < 1.29 is 0 Å². The molecule has 0 amide bonds. The van der Waals surface area contributed by atoms with Gasteiger partial charge < -0.3 is 0 Å². The molecule has 0 N–H and O–H groups in total. The molecule has 3 heteroatoms. The highest BCUT2D eigenvalue weighted by atomic mass is 32.2. The van der Waals surface area contributed by atoms with Gasteiger partial charge in [0, 0.05) is 11.9 Å². The Hall–Kier alpha value is -0.410. The Kier molecular flexibility index (Phi) is 3.54. The molecule has 2 rings (SSSR count). The highest BCUT2D eigenvalue weighted by Gasteiger charge is 2.15. The third-order valence-electron chi connectivity index (χ3n) is 2.06. The van der Waals surface area contributed by atoms with E-state index in [0.29, 0.717) is 4.58 Å². The van der Waals surface area contributed by atoms with Crippen LogP contribution in [0, 0.1) is 0 Å². The van der Waals surface area contributed by atoms with E-state index in [1.165, 1.54) is 17.0 Å². The zero-order valence-electron chi connectivity index (χ0n) is 8.14. The Bertz CT molecular complexity index is 321. The molecule has 1 atom stereocenters. The van der Waals surface area contributed by atoms with Crippen molar-refractivity contribution in [2.24, 2.45) is 0 Å². The van der Waals surface area contributed by atoms with Gasteiger partial charge >= 0.3 is 0 Å². The summed E-state index contributed by atoms with van der Waals surface area (Å²) in [6.07, 6.45) is 5.38. The van der Waals surface area contributed by atoms with Crippen molar-refractivity contribution in [2.75, 3.05) is 0 Å². The number of thioether (sulfide) groups is 2. The van der Waals surface area contributed by atoms with Crippen molar-refractivity contribution >= 4 is 23.5 Å².